The predicted molar refractivity (Wildman–Crippen MR) is 39.3 cm³/mol. The van der Waals surface area contributed by atoms with Gasteiger partial charge >= 0.3 is 0 Å². The highest BCUT2D eigenvalue weighted by molar-refractivity contribution is 4.82. The summed E-state index contributed by atoms with van der Waals surface area (Å²) >= 11 is 0. The Morgan fingerprint density at radius 1 is 1.56 bits per heavy atom. The Morgan fingerprint density at radius 2 is 2.22 bits per heavy atom. The van der Waals surface area contributed by atoms with E-state index < -0.39 is 0 Å². The van der Waals surface area contributed by atoms with Gasteiger partial charge in [0, 0.05) is 19.1 Å². The number of nitrogens with zero attached hydrogens (tertiary/aromatic N) is 1. The lowest BCUT2D eigenvalue weighted by Gasteiger charge is -2.09. The van der Waals surface area contributed by atoms with Gasteiger partial charge in [-0.15, -0.1) is 0 Å². The molecule has 0 radical (unpaired) electrons. The van der Waals surface area contributed by atoms with Crippen molar-refractivity contribution in [3.63, 3.8) is 0 Å². The average Bonchev–Trinajstić information content (AvgIpc) is 2.13. The van der Waals surface area contributed by atoms with Gasteiger partial charge in [-0.1, -0.05) is 13.8 Å². The van der Waals surface area contributed by atoms with Crippen LogP contribution in [0, 0.1) is 5.92 Å². The number of nitrogens with two attached hydrogens (primary N) is 1. The van der Waals surface area contributed by atoms with E-state index >= 15 is 0 Å². The molecule has 2 atom stereocenters. The smallest absolute Gasteiger partial charge is 0.0206 e. The third-order valence-electron chi connectivity index (χ3n) is 2.19. The number of likely N-dealkylation sites (tertiary alicyclic amines) is 1. The van der Waals surface area contributed by atoms with E-state index in [0.29, 0.717) is 12.0 Å². The normalized spacial score (nSPS) is 37.7. The molecule has 1 heterocycles. The Morgan fingerprint density at radius 3 is 2.44 bits per heavy atom. The van der Waals surface area contributed by atoms with E-state index in [1.165, 1.54) is 6.54 Å². The van der Waals surface area contributed by atoms with E-state index in [1.54, 1.807) is 0 Å². The van der Waals surface area contributed by atoms with Crippen molar-refractivity contribution in [1.82, 2.24) is 4.90 Å². The molecule has 1 saturated heterocycles. The zero-order chi connectivity index (χ0) is 6.85. The Hall–Kier alpha value is -0.0800. The van der Waals surface area contributed by atoms with E-state index in [-0.39, 0.29) is 0 Å². The number of hydrogen-bond acceptors (Lipinski definition) is 2. The Balaban J connectivity index is 2.35. The molecule has 1 aliphatic rings. The molecule has 0 bridgehead atoms. The molecule has 0 saturated carbocycles. The van der Waals surface area contributed by atoms with Gasteiger partial charge in [0.05, 0.1) is 0 Å². The van der Waals surface area contributed by atoms with Crippen LogP contribution in [0.3, 0.4) is 0 Å². The summed E-state index contributed by atoms with van der Waals surface area (Å²) in [5.41, 5.74) is 5.80. The van der Waals surface area contributed by atoms with Crippen molar-refractivity contribution in [3.05, 3.63) is 0 Å². The molecular formula is C7H16N2. The lowest BCUT2D eigenvalue weighted by molar-refractivity contribution is 0.345. The molecule has 0 aromatic heterocycles. The summed E-state index contributed by atoms with van der Waals surface area (Å²) in [6, 6.07) is 0.421. The fraction of sp³-hybridized carbons (Fsp3) is 1.00. The Labute approximate surface area is 57.0 Å². The molecule has 1 rings (SSSR count). The summed E-state index contributed by atoms with van der Waals surface area (Å²) in [5.74, 6) is 0.699. The summed E-state index contributed by atoms with van der Waals surface area (Å²) in [4.78, 5) is 2.40. The molecular weight excluding hydrogens is 112 g/mol. The van der Waals surface area contributed by atoms with Crippen LogP contribution in [-0.4, -0.2) is 30.6 Å². The first-order chi connectivity index (χ1) is 4.24. The van der Waals surface area contributed by atoms with Crippen LogP contribution in [0.15, 0.2) is 0 Å². The van der Waals surface area contributed by atoms with Crippen molar-refractivity contribution in [1.29, 1.82) is 0 Å². The van der Waals surface area contributed by atoms with Crippen LogP contribution in [0.4, 0.5) is 0 Å². The van der Waals surface area contributed by atoms with Gasteiger partial charge in [0.1, 0.15) is 0 Å². The fourth-order valence-corrected chi connectivity index (χ4v) is 1.35. The lowest BCUT2D eigenvalue weighted by Crippen LogP contribution is -2.28. The van der Waals surface area contributed by atoms with E-state index in [4.69, 9.17) is 5.73 Å². The summed E-state index contributed by atoms with van der Waals surface area (Å²) in [5, 5.41) is 0. The van der Waals surface area contributed by atoms with Gasteiger partial charge in [-0.25, -0.2) is 0 Å². The van der Waals surface area contributed by atoms with Crippen LogP contribution in [0.2, 0.25) is 0 Å². The maximum atomic E-state index is 5.80. The van der Waals surface area contributed by atoms with E-state index in [0.717, 1.165) is 13.1 Å². The zero-order valence-electron chi connectivity index (χ0n) is 6.30. The van der Waals surface area contributed by atoms with E-state index in [9.17, 15) is 0 Å². The van der Waals surface area contributed by atoms with Gasteiger partial charge < -0.3 is 10.6 Å². The van der Waals surface area contributed by atoms with Gasteiger partial charge in [0.2, 0.25) is 0 Å². The monoisotopic (exact) mass is 128 g/mol. The topological polar surface area (TPSA) is 29.3 Å². The van der Waals surface area contributed by atoms with Crippen LogP contribution in [0.5, 0.6) is 0 Å². The van der Waals surface area contributed by atoms with Crippen molar-refractivity contribution in [2.24, 2.45) is 11.7 Å². The Bertz CT molecular complexity index is 82.9. The van der Waals surface area contributed by atoms with Crippen molar-refractivity contribution in [3.8, 4) is 0 Å². The molecule has 2 N–H and O–H groups in total. The molecule has 2 heteroatoms. The molecule has 9 heavy (non-hydrogen) atoms. The first-order valence-corrected chi connectivity index (χ1v) is 3.72. The second-order valence-electron chi connectivity index (χ2n) is 2.99. The maximum Gasteiger partial charge on any atom is 0.0206 e. The highest BCUT2D eigenvalue weighted by Crippen LogP contribution is 2.12. The molecule has 0 amide bonds. The summed E-state index contributed by atoms with van der Waals surface area (Å²) in [6.07, 6.45) is 0. The molecule has 0 spiro atoms. The maximum absolute atomic E-state index is 5.80. The van der Waals surface area contributed by atoms with Crippen molar-refractivity contribution >= 4 is 0 Å². The average molecular weight is 128 g/mol. The molecule has 1 fully saturated rings. The van der Waals surface area contributed by atoms with Gasteiger partial charge in [-0.2, -0.15) is 0 Å². The van der Waals surface area contributed by atoms with Gasteiger partial charge in [-0.05, 0) is 12.5 Å². The fourth-order valence-electron chi connectivity index (χ4n) is 1.35. The molecule has 0 aromatic carbocycles. The predicted octanol–water partition coefficient (Wildman–Crippen LogP) is 0.285. The molecule has 0 unspecified atom stereocenters. The van der Waals surface area contributed by atoms with Crippen molar-refractivity contribution in [2.75, 3.05) is 19.6 Å². The minimum Gasteiger partial charge on any atom is -0.326 e. The van der Waals surface area contributed by atoms with Gasteiger partial charge in [0.15, 0.2) is 0 Å². The minimum absolute atomic E-state index is 0.421. The van der Waals surface area contributed by atoms with Crippen LogP contribution < -0.4 is 5.73 Å². The highest BCUT2D eigenvalue weighted by atomic mass is 15.2. The second kappa shape index (κ2) is 2.67. The minimum atomic E-state index is 0.421. The third-order valence-corrected chi connectivity index (χ3v) is 2.19. The first kappa shape index (κ1) is 7.03. The second-order valence-corrected chi connectivity index (χ2v) is 2.99. The van der Waals surface area contributed by atoms with Crippen LogP contribution in [-0.2, 0) is 0 Å². The first-order valence-electron chi connectivity index (χ1n) is 3.72. The Kier molecular flexibility index (Phi) is 2.09. The van der Waals surface area contributed by atoms with E-state index in [2.05, 4.69) is 18.7 Å². The summed E-state index contributed by atoms with van der Waals surface area (Å²) in [7, 11) is 0. The third kappa shape index (κ3) is 1.43. The van der Waals surface area contributed by atoms with E-state index in [1.807, 2.05) is 0 Å². The molecule has 0 aromatic rings. The molecule has 1 aliphatic heterocycles. The number of hydrogen-bond donors (Lipinski definition) is 1. The van der Waals surface area contributed by atoms with Crippen LogP contribution in [0.25, 0.3) is 0 Å². The van der Waals surface area contributed by atoms with Crippen LogP contribution in [0.1, 0.15) is 13.8 Å². The summed E-state index contributed by atoms with van der Waals surface area (Å²) in [6.45, 7) is 7.85. The largest absolute Gasteiger partial charge is 0.326 e. The van der Waals surface area contributed by atoms with Crippen LogP contribution >= 0.6 is 0 Å². The van der Waals surface area contributed by atoms with Gasteiger partial charge in [0.25, 0.3) is 0 Å². The highest BCUT2D eigenvalue weighted by Gasteiger charge is 2.24. The zero-order valence-corrected chi connectivity index (χ0v) is 6.30. The SMILES string of the molecule is CCN1C[C@H](C)[C@@H](N)C1. The van der Waals surface area contributed by atoms with Crippen molar-refractivity contribution < 1.29 is 0 Å². The molecule has 2 nitrogen and oxygen atoms in total. The lowest BCUT2D eigenvalue weighted by atomic mass is 10.1. The van der Waals surface area contributed by atoms with Gasteiger partial charge in [-0.3, -0.25) is 0 Å². The standard InChI is InChI=1S/C7H16N2/c1-3-9-4-6(2)7(8)5-9/h6-7H,3-5,8H2,1-2H3/t6-,7-/m0/s1. The molecule has 54 valence electrons. The molecule has 0 aliphatic carbocycles. The number of rotatable bonds is 1. The summed E-state index contributed by atoms with van der Waals surface area (Å²) < 4.78 is 0. The number of likely N-dealkylation sites (N-methyl/N-ethyl adjacent to an activating group) is 1. The van der Waals surface area contributed by atoms with Crippen molar-refractivity contribution in [2.45, 2.75) is 19.9 Å². The quantitative estimate of drug-likeness (QED) is 0.550.